The molecule has 2 fully saturated rings. The van der Waals surface area contributed by atoms with Gasteiger partial charge in [0.25, 0.3) is 0 Å². The van der Waals surface area contributed by atoms with E-state index in [-0.39, 0.29) is 17.6 Å². The molecule has 9 heteroatoms. The highest BCUT2D eigenvalue weighted by Crippen LogP contribution is 2.39. The van der Waals surface area contributed by atoms with Gasteiger partial charge in [-0.15, -0.1) is 0 Å². The maximum Gasteiger partial charge on any atom is 0.410 e. The van der Waals surface area contributed by atoms with Crippen LogP contribution in [0.15, 0.2) is 18.5 Å². The Morgan fingerprint density at radius 1 is 1.24 bits per heavy atom. The van der Waals surface area contributed by atoms with E-state index in [1.807, 2.05) is 31.9 Å². The molecule has 0 radical (unpaired) electrons. The fourth-order valence-electron chi connectivity index (χ4n) is 5.35. The molecule has 2 saturated heterocycles. The highest BCUT2D eigenvalue weighted by atomic mass is 28.3. The number of fused-ring (bicyclic) bond motifs is 1. The molecule has 0 bridgehead atoms. The van der Waals surface area contributed by atoms with Crippen molar-refractivity contribution in [1.29, 1.82) is 0 Å². The Bertz CT molecular complexity index is 1110. The first-order valence-corrected chi connectivity index (χ1v) is 17.8. The second-order valence-electron chi connectivity index (χ2n) is 13.9. The SMILES string of the molecule is CC(C)(C)OC(=O)N1C[C@H](Nc2ccnc3c2c(C2CCOCC2)cn3COCC[Si](C)(C)C)C(C)(C)C1. The van der Waals surface area contributed by atoms with Crippen LogP contribution >= 0.6 is 0 Å². The summed E-state index contributed by atoms with van der Waals surface area (Å²) in [4.78, 5) is 19.5. The smallest absolute Gasteiger partial charge is 0.410 e. The van der Waals surface area contributed by atoms with Gasteiger partial charge < -0.3 is 29.0 Å². The minimum Gasteiger partial charge on any atom is -0.444 e. The normalized spacial score (nSPS) is 20.7. The second kappa shape index (κ2) is 11.2. The van der Waals surface area contributed by atoms with Gasteiger partial charge in [0.1, 0.15) is 18.0 Å². The molecule has 0 saturated carbocycles. The average molecular weight is 545 g/mol. The number of nitrogens with zero attached hydrogens (tertiary/aromatic N) is 3. The molecule has 4 rings (SSSR count). The third-order valence-corrected chi connectivity index (χ3v) is 9.30. The largest absolute Gasteiger partial charge is 0.444 e. The van der Waals surface area contributed by atoms with Crippen LogP contribution in [0, 0.1) is 5.41 Å². The molecule has 0 aromatic carbocycles. The lowest BCUT2D eigenvalue weighted by Gasteiger charge is -2.28. The number of nitrogens with one attached hydrogen (secondary N) is 1. The number of pyridine rings is 1. The highest BCUT2D eigenvalue weighted by Gasteiger charge is 2.43. The summed E-state index contributed by atoms with van der Waals surface area (Å²) in [6.45, 7) is 21.4. The molecule has 2 aliphatic rings. The molecule has 2 aliphatic heterocycles. The Morgan fingerprint density at radius 2 is 1.95 bits per heavy atom. The lowest BCUT2D eigenvalue weighted by atomic mass is 9.87. The van der Waals surface area contributed by atoms with Crippen LogP contribution in [0.3, 0.4) is 0 Å². The second-order valence-corrected chi connectivity index (χ2v) is 19.5. The zero-order chi connectivity index (χ0) is 27.7. The standard InChI is InChI=1S/C29H48N4O4Si/c1-28(2,3)37-27(34)32-18-24(29(4,5)19-32)31-23-9-12-30-26-25(23)22(21-10-13-35-14-11-21)17-33(26)20-36-15-16-38(6,7)8/h9,12,17,21,24H,10-11,13-16,18-20H2,1-8H3,(H,30,31)/t24-/m0/s1. The maximum absolute atomic E-state index is 12.8. The summed E-state index contributed by atoms with van der Waals surface area (Å²) in [5.74, 6) is 0.425. The molecule has 0 aliphatic carbocycles. The van der Waals surface area contributed by atoms with E-state index < -0.39 is 13.7 Å². The first kappa shape index (κ1) is 28.9. The van der Waals surface area contributed by atoms with Gasteiger partial charge in [0.05, 0.1) is 6.04 Å². The van der Waals surface area contributed by atoms with Crippen LogP contribution in [0.2, 0.25) is 25.7 Å². The summed E-state index contributed by atoms with van der Waals surface area (Å²) in [6, 6.07) is 3.30. The summed E-state index contributed by atoms with van der Waals surface area (Å²) in [5, 5.41) is 5.00. The number of anilines is 1. The number of hydrogen-bond donors (Lipinski definition) is 1. The lowest BCUT2D eigenvalue weighted by molar-refractivity contribution is 0.0278. The van der Waals surface area contributed by atoms with Crippen molar-refractivity contribution in [3.05, 3.63) is 24.0 Å². The van der Waals surface area contributed by atoms with Crippen molar-refractivity contribution in [3.63, 3.8) is 0 Å². The van der Waals surface area contributed by atoms with Crippen LogP contribution in [-0.2, 0) is 20.9 Å². The van der Waals surface area contributed by atoms with Crippen molar-refractivity contribution in [2.24, 2.45) is 5.41 Å². The van der Waals surface area contributed by atoms with Gasteiger partial charge in [0, 0.05) is 69.9 Å². The molecule has 212 valence electrons. The fraction of sp³-hybridized carbons (Fsp3) is 0.724. The van der Waals surface area contributed by atoms with Crippen molar-refractivity contribution < 1.29 is 19.0 Å². The Kier molecular flexibility index (Phi) is 8.50. The van der Waals surface area contributed by atoms with Gasteiger partial charge in [-0.2, -0.15) is 0 Å². The molecule has 1 N–H and O–H groups in total. The van der Waals surface area contributed by atoms with E-state index >= 15 is 0 Å². The van der Waals surface area contributed by atoms with E-state index in [1.54, 1.807) is 0 Å². The van der Waals surface area contributed by atoms with Crippen molar-refractivity contribution in [2.45, 2.75) is 97.4 Å². The van der Waals surface area contributed by atoms with E-state index in [0.29, 0.717) is 25.7 Å². The number of ether oxygens (including phenoxy) is 3. The predicted molar refractivity (Wildman–Crippen MR) is 156 cm³/mol. The summed E-state index contributed by atoms with van der Waals surface area (Å²) < 4.78 is 19.7. The quantitative estimate of drug-likeness (QED) is 0.310. The van der Waals surface area contributed by atoms with Crippen LogP contribution < -0.4 is 5.32 Å². The monoisotopic (exact) mass is 544 g/mol. The van der Waals surface area contributed by atoms with Crippen LogP contribution in [-0.4, -0.2) is 73.2 Å². The summed E-state index contributed by atoms with van der Waals surface area (Å²) in [6.07, 6.45) is 5.89. The molecule has 38 heavy (non-hydrogen) atoms. The zero-order valence-electron chi connectivity index (χ0n) is 24.7. The molecular formula is C29H48N4O4Si. The average Bonchev–Trinajstić information content (AvgIpc) is 3.33. The van der Waals surface area contributed by atoms with Crippen LogP contribution in [0.1, 0.15) is 58.9 Å². The summed E-state index contributed by atoms with van der Waals surface area (Å²) in [7, 11) is -1.15. The number of carbonyl (C=O) groups is 1. The Morgan fingerprint density at radius 3 is 2.61 bits per heavy atom. The number of rotatable bonds is 8. The van der Waals surface area contributed by atoms with Gasteiger partial charge in [0.15, 0.2) is 0 Å². The Balaban J connectivity index is 1.60. The fourth-order valence-corrected chi connectivity index (χ4v) is 6.11. The van der Waals surface area contributed by atoms with Gasteiger partial charge in [-0.25, -0.2) is 9.78 Å². The Labute approximate surface area is 229 Å². The molecular weight excluding hydrogens is 496 g/mol. The number of aromatic nitrogens is 2. The molecule has 1 amide bonds. The first-order chi connectivity index (χ1) is 17.7. The third kappa shape index (κ3) is 7.10. The molecule has 8 nitrogen and oxygen atoms in total. The highest BCUT2D eigenvalue weighted by molar-refractivity contribution is 6.76. The number of carbonyl (C=O) groups excluding carboxylic acids is 1. The molecule has 0 spiro atoms. The molecule has 2 aromatic heterocycles. The van der Waals surface area contributed by atoms with Gasteiger partial charge in [-0.3, -0.25) is 0 Å². The van der Waals surface area contributed by atoms with E-state index in [9.17, 15) is 4.79 Å². The minimum absolute atomic E-state index is 0.0829. The number of hydrogen-bond acceptors (Lipinski definition) is 6. The van der Waals surface area contributed by atoms with E-state index in [0.717, 1.165) is 50.0 Å². The number of amides is 1. The van der Waals surface area contributed by atoms with Gasteiger partial charge in [-0.05, 0) is 57.2 Å². The molecule has 2 aromatic rings. The van der Waals surface area contributed by atoms with Crippen molar-refractivity contribution in [2.75, 3.05) is 38.2 Å². The molecule has 1 atom stereocenters. The van der Waals surface area contributed by atoms with Gasteiger partial charge in [0.2, 0.25) is 0 Å². The third-order valence-electron chi connectivity index (χ3n) is 7.60. The van der Waals surface area contributed by atoms with Crippen molar-refractivity contribution in [3.8, 4) is 0 Å². The maximum atomic E-state index is 12.8. The molecule has 4 heterocycles. The van der Waals surface area contributed by atoms with Crippen molar-refractivity contribution in [1.82, 2.24) is 14.5 Å². The zero-order valence-corrected chi connectivity index (χ0v) is 25.7. The van der Waals surface area contributed by atoms with E-state index in [2.05, 4.69) is 55.6 Å². The van der Waals surface area contributed by atoms with Crippen molar-refractivity contribution >= 4 is 30.9 Å². The predicted octanol–water partition coefficient (Wildman–Crippen LogP) is 6.30. The Hall–Kier alpha value is -2.10. The van der Waals surface area contributed by atoms with Crippen LogP contribution in [0.5, 0.6) is 0 Å². The summed E-state index contributed by atoms with van der Waals surface area (Å²) >= 11 is 0. The summed E-state index contributed by atoms with van der Waals surface area (Å²) in [5.41, 5.74) is 2.70. The van der Waals surface area contributed by atoms with Gasteiger partial charge in [-0.1, -0.05) is 33.5 Å². The van der Waals surface area contributed by atoms with E-state index in [4.69, 9.17) is 19.2 Å². The topological polar surface area (TPSA) is 77.9 Å². The first-order valence-electron chi connectivity index (χ1n) is 14.1. The van der Waals surface area contributed by atoms with E-state index in [1.165, 1.54) is 10.9 Å². The van der Waals surface area contributed by atoms with Crippen LogP contribution in [0.4, 0.5) is 10.5 Å². The van der Waals surface area contributed by atoms with Gasteiger partial charge >= 0.3 is 6.09 Å². The lowest BCUT2D eigenvalue weighted by Crippen LogP contribution is -2.36. The molecule has 0 unspecified atom stereocenters. The minimum atomic E-state index is -1.15. The number of likely N-dealkylation sites (tertiary alicyclic amines) is 1. The van der Waals surface area contributed by atoms with Crippen LogP contribution in [0.25, 0.3) is 11.0 Å².